The molecule has 0 bridgehead atoms. The summed E-state index contributed by atoms with van der Waals surface area (Å²) < 4.78 is 62.3. The van der Waals surface area contributed by atoms with Gasteiger partial charge in [-0.2, -0.15) is 0 Å². The third-order valence-electron chi connectivity index (χ3n) is 1.64. The molecule has 0 fully saturated rings. The van der Waals surface area contributed by atoms with Crippen LogP contribution in [0.15, 0.2) is 0 Å². The van der Waals surface area contributed by atoms with E-state index in [2.05, 4.69) is 0 Å². The quantitative estimate of drug-likeness (QED) is 0.362. The molecule has 0 saturated carbocycles. The van der Waals surface area contributed by atoms with Gasteiger partial charge < -0.3 is 19.3 Å². The van der Waals surface area contributed by atoms with Crippen LogP contribution in [0.3, 0.4) is 0 Å². The molecule has 0 heterocycles. The van der Waals surface area contributed by atoms with E-state index in [9.17, 15) is 25.9 Å². The Kier molecular flexibility index (Phi) is 12.4. The molecule has 12 heteroatoms. The fourth-order valence-corrected chi connectivity index (χ4v) is 3.22. The zero-order valence-corrected chi connectivity index (χ0v) is 15.1. The molecular weight excluding hydrogens is 298 g/mol. The summed E-state index contributed by atoms with van der Waals surface area (Å²) in [6.07, 6.45) is 0. The third-order valence-corrected chi connectivity index (χ3v) is 3.57. The number of aliphatic hydroxyl groups is 2. The second-order valence-corrected chi connectivity index (χ2v) is 6.03. The molecule has 8 nitrogen and oxygen atoms in total. The van der Waals surface area contributed by atoms with Crippen LogP contribution in [0, 0.1) is 5.41 Å². The largest absolute Gasteiger partial charge is 1.00 e. The van der Waals surface area contributed by atoms with Gasteiger partial charge in [-0.3, -0.25) is 0 Å². The first kappa shape index (κ1) is 23.8. The van der Waals surface area contributed by atoms with Gasteiger partial charge in [-0.1, -0.05) is 0 Å². The standard InChI is InChI=1S/C5H12O8S2.2Na/c6-1-5(2-7,3-14(8,9)10)4-15(11,12)13;;/h6-7H,1-4H2,(H,8,9,10)(H,11,12,13);;/q;2*+1/p-2. The van der Waals surface area contributed by atoms with Crippen molar-refractivity contribution in [3.8, 4) is 0 Å². The Morgan fingerprint density at radius 1 is 0.824 bits per heavy atom. The summed E-state index contributed by atoms with van der Waals surface area (Å²) in [7, 11) is -9.70. The predicted molar refractivity (Wildman–Crippen MR) is 45.7 cm³/mol. The topological polar surface area (TPSA) is 155 Å². The van der Waals surface area contributed by atoms with Crippen LogP contribution < -0.4 is 59.1 Å². The maximum atomic E-state index is 10.4. The van der Waals surface area contributed by atoms with E-state index in [1.54, 1.807) is 0 Å². The summed E-state index contributed by atoms with van der Waals surface area (Å²) in [5.74, 6) is -2.62. The average Bonchev–Trinajstić information content (AvgIpc) is 1.98. The normalized spacial score (nSPS) is 12.5. The Morgan fingerprint density at radius 2 is 1.06 bits per heavy atom. The fraction of sp³-hybridized carbons (Fsp3) is 1.00. The summed E-state index contributed by atoms with van der Waals surface area (Å²) >= 11 is 0. The first-order valence-corrected chi connectivity index (χ1v) is 6.78. The molecule has 0 rings (SSSR count). The zero-order valence-electron chi connectivity index (χ0n) is 9.49. The van der Waals surface area contributed by atoms with Crippen LogP contribution in [-0.4, -0.2) is 60.9 Å². The molecule has 0 amide bonds. The number of rotatable bonds is 6. The van der Waals surface area contributed by atoms with Crippen molar-refractivity contribution in [3.05, 3.63) is 0 Å². The van der Waals surface area contributed by atoms with Crippen LogP contribution >= 0.6 is 0 Å². The second kappa shape index (κ2) is 8.82. The van der Waals surface area contributed by atoms with Gasteiger partial charge in [-0.15, -0.1) is 0 Å². The summed E-state index contributed by atoms with van der Waals surface area (Å²) in [6, 6.07) is 0. The van der Waals surface area contributed by atoms with Gasteiger partial charge in [0.2, 0.25) is 0 Å². The van der Waals surface area contributed by atoms with Crippen molar-refractivity contribution in [2.45, 2.75) is 0 Å². The predicted octanol–water partition coefficient (Wildman–Crippen LogP) is -8.94. The van der Waals surface area contributed by atoms with Gasteiger partial charge in [0, 0.05) is 16.9 Å². The molecule has 0 spiro atoms. The first-order chi connectivity index (χ1) is 6.54. The summed E-state index contributed by atoms with van der Waals surface area (Å²) in [6.45, 7) is -2.18. The van der Waals surface area contributed by atoms with E-state index >= 15 is 0 Å². The van der Waals surface area contributed by atoms with Crippen molar-refractivity contribution in [1.29, 1.82) is 0 Å². The Bertz CT molecular complexity index is 362. The van der Waals surface area contributed by atoms with Gasteiger partial charge in [0.05, 0.1) is 33.5 Å². The fourth-order valence-electron chi connectivity index (χ4n) is 1.02. The molecule has 0 aromatic rings. The van der Waals surface area contributed by atoms with Gasteiger partial charge in [0.15, 0.2) is 0 Å². The molecular formula is C5H10Na2O8S2. The van der Waals surface area contributed by atoms with Crippen molar-refractivity contribution >= 4 is 20.2 Å². The minimum absolute atomic E-state index is 0. The number of aliphatic hydroxyl groups excluding tert-OH is 2. The number of hydrogen-bond acceptors (Lipinski definition) is 8. The van der Waals surface area contributed by atoms with E-state index in [-0.39, 0.29) is 59.1 Å². The van der Waals surface area contributed by atoms with Gasteiger partial charge in [0.25, 0.3) is 0 Å². The SMILES string of the molecule is O=S(=O)([O-])CC(CO)(CO)CS(=O)(=O)[O-].[Na+].[Na+]. The van der Waals surface area contributed by atoms with Crippen LogP contribution in [-0.2, 0) is 20.2 Å². The van der Waals surface area contributed by atoms with E-state index in [4.69, 9.17) is 10.2 Å². The smallest absolute Gasteiger partial charge is 0.748 e. The maximum Gasteiger partial charge on any atom is 1.00 e. The Balaban J connectivity index is -0.000000980. The molecule has 0 atom stereocenters. The third kappa shape index (κ3) is 11.3. The molecule has 0 aliphatic heterocycles. The van der Waals surface area contributed by atoms with Crippen LogP contribution in [0.25, 0.3) is 0 Å². The van der Waals surface area contributed by atoms with Gasteiger partial charge in [0.1, 0.15) is 0 Å². The molecule has 0 aromatic carbocycles. The van der Waals surface area contributed by atoms with Crippen LogP contribution in [0.4, 0.5) is 0 Å². The maximum absolute atomic E-state index is 10.4. The van der Waals surface area contributed by atoms with Gasteiger partial charge >= 0.3 is 59.1 Å². The van der Waals surface area contributed by atoms with Crippen molar-refractivity contribution < 1.29 is 95.3 Å². The molecule has 17 heavy (non-hydrogen) atoms. The molecule has 0 radical (unpaired) electrons. The molecule has 92 valence electrons. The van der Waals surface area contributed by atoms with Crippen LogP contribution in [0.2, 0.25) is 0 Å². The summed E-state index contributed by atoms with van der Waals surface area (Å²) in [5.41, 5.74) is -2.14. The second-order valence-electron chi connectivity index (χ2n) is 3.22. The molecule has 0 unspecified atom stereocenters. The molecule has 0 aliphatic carbocycles. The van der Waals surface area contributed by atoms with Crippen LogP contribution in [0.5, 0.6) is 0 Å². The van der Waals surface area contributed by atoms with E-state index < -0.39 is 50.4 Å². The average molecular weight is 308 g/mol. The summed E-state index contributed by atoms with van der Waals surface area (Å²) in [5, 5.41) is 17.5. The minimum atomic E-state index is -4.85. The minimum Gasteiger partial charge on any atom is -0.748 e. The Morgan fingerprint density at radius 3 is 1.18 bits per heavy atom. The monoisotopic (exact) mass is 308 g/mol. The van der Waals surface area contributed by atoms with E-state index in [0.717, 1.165) is 0 Å². The van der Waals surface area contributed by atoms with E-state index in [1.807, 2.05) is 0 Å². The number of hydrogen-bond donors (Lipinski definition) is 2. The van der Waals surface area contributed by atoms with Crippen LogP contribution in [0.1, 0.15) is 0 Å². The van der Waals surface area contributed by atoms with E-state index in [1.165, 1.54) is 0 Å². The molecule has 0 aromatic heterocycles. The molecule has 0 saturated heterocycles. The van der Waals surface area contributed by atoms with Gasteiger partial charge in [-0.05, 0) is 0 Å². The summed E-state index contributed by atoms with van der Waals surface area (Å²) in [4.78, 5) is 0. The van der Waals surface area contributed by atoms with Crippen molar-refractivity contribution in [2.75, 3.05) is 24.7 Å². The van der Waals surface area contributed by atoms with Crippen molar-refractivity contribution in [3.63, 3.8) is 0 Å². The molecule has 0 aliphatic rings. The zero-order chi connectivity index (χ0) is 12.3. The van der Waals surface area contributed by atoms with Crippen molar-refractivity contribution in [1.82, 2.24) is 0 Å². The molecule has 2 N–H and O–H groups in total. The Hall–Kier alpha value is 1.74. The van der Waals surface area contributed by atoms with Crippen molar-refractivity contribution in [2.24, 2.45) is 5.41 Å². The van der Waals surface area contributed by atoms with Gasteiger partial charge in [-0.25, -0.2) is 16.8 Å². The van der Waals surface area contributed by atoms with E-state index in [0.29, 0.717) is 0 Å². The Labute approximate surface area is 144 Å². The first-order valence-electron chi connectivity index (χ1n) is 3.62.